The van der Waals surface area contributed by atoms with Crippen LogP contribution in [0.2, 0.25) is 0 Å². The number of aromatic nitrogens is 1. The van der Waals surface area contributed by atoms with E-state index in [2.05, 4.69) is 5.32 Å². The van der Waals surface area contributed by atoms with Crippen LogP contribution in [0, 0.1) is 6.92 Å². The van der Waals surface area contributed by atoms with Crippen molar-refractivity contribution in [1.82, 2.24) is 5.32 Å². The van der Waals surface area contributed by atoms with Crippen molar-refractivity contribution in [1.29, 1.82) is 0 Å². The van der Waals surface area contributed by atoms with Gasteiger partial charge in [0.1, 0.15) is 0 Å². The van der Waals surface area contributed by atoms with Crippen LogP contribution < -0.4 is 9.88 Å². The van der Waals surface area contributed by atoms with E-state index in [1.54, 1.807) is 0 Å². The zero-order valence-corrected chi connectivity index (χ0v) is 13.7. The predicted octanol–water partition coefficient (Wildman–Crippen LogP) is 3.19. The highest BCUT2D eigenvalue weighted by Gasteiger charge is 2.19. The van der Waals surface area contributed by atoms with Gasteiger partial charge in [-0.05, 0) is 11.1 Å². The summed E-state index contributed by atoms with van der Waals surface area (Å²) in [4.78, 5) is 12.6. The van der Waals surface area contributed by atoms with Gasteiger partial charge < -0.3 is 5.32 Å². The first kappa shape index (κ1) is 15.9. The molecule has 0 saturated carbocycles. The van der Waals surface area contributed by atoms with Gasteiger partial charge in [0.15, 0.2) is 11.9 Å². The van der Waals surface area contributed by atoms with Gasteiger partial charge in [0.05, 0.1) is 6.04 Å². The second-order valence-electron chi connectivity index (χ2n) is 5.79. The Morgan fingerprint density at radius 2 is 1.42 bits per heavy atom. The van der Waals surface area contributed by atoms with Gasteiger partial charge in [0.25, 0.3) is 5.91 Å². The third-order valence-electron chi connectivity index (χ3n) is 4.05. The maximum absolute atomic E-state index is 12.6. The molecule has 1 aromatic heterocycles. The molecule has 1 N–H and O–H groups in total. The van der Waals surface area contributed by atoms with Gasteiger partial charge in [-0.2, -0.15) is 4.57 Å². The average molecular weight is 317 g/mol. The van der Waals surface area contributed by atoms with Gasteiger partial charge in [0.2, 0.25) is 6.54 Å². The first-order chi connectivity index (χ1) is 11.7. The normalized spacial score (nSPS) is 10.6. The van der Waals surface area contributed by atoms with E-state index in [-0.39, 0.29) is 11.9 Å². The van der Waals surface area contributed by atoms with Crippen LogP contribution in [0.1, 0.15) is 22.9 Å². The predicted molar refractivity (Wildman–Crippen MR) is 94.2 cm³/mol. The van der Waals surface area contributed by atoms with Gasteiger partial charge in [0, 0.05) is 19.1 Å². The number of carbonyl (C=O) groups is 1. The topological polar surface area (TPSA) is 33.0 Å². The molecule has 0 radical (unpaired) electrons. The largest absolute Gasteiger partial charge is 0.340 e. The number of nitrogens with zero attached hydrogens (tertiary/aromatic N) is 1. The molecule has 3 heteroatoms. The van der Waals surface area contributed by atoms with E-state index in [0.717, 1.165) is 16.8 Å². The van der Waals surface area contributed by atoms with Crippen molar-refractivity contribution in [3.8, 4) is 0 Å². The Morgan fingerprint density at radius 3 is 1.96 bits per heavy atom. The summed E-state index contributed by atoms with van der Waals surface area (Å²) in [6.45, 7) is 2.31. The van der Waals surface area contributed by atoms with Crippen molar-refractivity contribution in [3.63, 3.8) is 0 Å². The highest BCUT2D eigenvalue weighted by atomic mass is 16.2. The van der Waals surface area contributed by atoms with Crippen molar-refractivity contribution in [2.75, 3.05) is 0 Å². The van der Waals surface area contributed by atoms with Gasteiger partial charge in [-0.15, -0.1) is 0 Å². The molecule has 24 heavy (non-hydrogen) atoms. The molecule has 3 rings (SSSR count). The molecule has 1 amide bonds. The molecule has 3 nitrogen and oxygen atoms in total. The molecule has 0 bridgehead atoms. The Bertz CT molecular complexity index is 761. The minimum Gasteiger partial charge on any atom is -0.340 e. The Balaban J connectivity index is 1.82. The first-order valence-corrected chi connectivity index (χ1v) is 8.08. The molecule has 0 aliphatic carbocycles. The van der Waals surface area contributed by atoms with Gasteiger partial charge in [-0.25, -0.2) is 0 Å². The third-order valence-corrected chi connectivity index (χ3v) is 4.05. The number of pyridine rings is 1. The van der Waals surface area contributed by atoms with Crippen LogP contribution in [-0.2, 0) is 11.3 Å². The molecule has 3 aromatic rings. The van der Waals surface area contributed by atoms with Crippen molar-refractivity contribution >= 4 is 5.91 Å². The number of aryl methyl sites for hydroxylation is 1. The fourth-order valence-corrected chi connectivity index (χ4v) is 2.75. The quantitative estimate of drug-likeness (QED) is 0.720. The lowest BCUT2D eigenvalue weighted by molar-refractivity contribution is -0.690. The number of rotatable bonds is 5. The molecular weight excluding hydrogens is 296 g/mol. The standard InChI is InChI=1S/C21H20N2O/c1-17-10-8-9-15-23(17)16-20(24)22-21(18-11-4-2-5-12-18)19-13-6-3-7-14-19/h2-15,21H,16H2,1H3/p+1. The molecule has 0 fully saturated rings. The summed E-state index contributed by atoms with van der Waals surface area (Å²) in [5, 5.41) is 3.17. The Morgan fingerprint density at radius 1 is 0.875 bits per heavy atom. The maximum Gasteiger partial charge on any atom is 0.286 e. The lowest BCUT2D eigenvalue weighted by Gasteiger charge is -2.19. The van der Waals surface area contributed by atoms with Crippen LogP contribution >= 0.6 is 0 Å². The first-order valence-electron chi connectivity index (χ1n) is 8.08. The number of hydrogen-bond donors (Lipinski definition) is 1. The number of amides is 1. The van der Waals surface area contributed by atoms with Crippen LogP contribution in [0.4, 0.5) is 0 Å². The second kappa shape index (κ2) is 7.55. The van der Waals surface area contributed by atoms with Crippen molar-refractivity contribution in [3.05, 3.63) is 102 Å². The molecule has 0 aliphatic rings. The van der Waals surface area contributed by atoms with Crippen LogP contribution in [0.3, 0.4) is 0 Å². The van der Waals surface area contributed by atoms with Crippen molar-refractivity contribution < 1.29 is 9.36 Å². The minimum atomic E-state index is -0.149. The Kier molecular flexibility index (Phi) is 5.02. The summed E-state index contributed by atoms with van der Waals surface area (Å²) >= 11 is 0. The highest BCUT2D eigenvalue weighted by Crippen LogP contribution is 2.21. The zero-order chi connectivity index (χ0) is 16.8. The molecule has 0 aliphatic heterocycles. The Labute approximate surface area is 142 Å². The van der Waals surface area contributed by atoms with E-state index >= 15 is 0 Å². The molecule has 0 unspecified atom stereocenters. The van der Waals surface area contributed by atoms with E-state index in [1.807, 2.05) is 96.6 Å². The summed E-state index contributed by atoms with van der Waals surface area (Å²) in [5.41, 5.74) is 3.21. The second-order valence-corrected chi connectivity index (χ2v) is 5.79. The summed E-state index contributed by atoms with van der Waals surface area (Å²) in [7, 11) is 0. The van der Waals surface area contributed by atoms with Crippen LogP contribution in [0.15, 0.2) is 85.1 Å². The van der Waals surface area contributed by atoms with Crippen LogP contribution in [-0.4, -0.2) is 5.91 Å². The monoisotopic (exact) mass is 317 g/mol. The fraction of sp³-hybridized carbons (Fsp3) is 0.143. The number of nitrogens with one attached hydrogen (secondary N) is 1. The SMILES string of the molecule is Cc1cccc[n+]1CC(=O)NC(c1ccccc1)c1ccccc1. The van der Waals surface area contributed by atoms with Crippen LogP contribution in [0.5, 0.6) is 0 Å². The van der Waals surface area contributed by atoms with Crippen LogP contribution in [0.25, 0.3) is 0 Å². The smallest absolute Gasteiger partial charge is 0.286 e. The molecule has 2 aromatic carbocycles. The summed E-state index contributed by atoms with van der Waals surface area (Å²) in [5.74, 6) is -0.00740. The highest BCUT2D eigenvalue weighted by molar-refractivity contribution is 5.75. The van der Waals surface area contributed by atoms with Crippen molar-refractivity contribution in [2.45, 2.75) is 19.5 Å². The molecule has 0 atom stereocenters. The molecule has 0 spiro atoms. The van der Waals surface area contributed by atoms with Crippen molar-refractivity contribution in [2.24, 2.45) is 0 Å². The molecular formula is C21H21N2O+. The third kappa shape index (κ3) is 3.87. The average Bonchev–Trinajstić information content (AvgIpc) is 2.63. The van der Waals surface area contributed by atoms with E-state index < -0.39 is 0 Å². The maximum atomic E-state index is 12.6. The molecule has 1 heterocycles. The Hall–Kier alpha value is -2.94. The summed E-state index contributed by atoms with van der Waals surface area (Å²) in [6.07, 6.45) is 1.93. The number of benzene rings is 2. The minimum absolute atomic E-state index is 0.00740. The van der Waals surface area contributed by atoms with E-state index in [9.17, 15) is 4.79 Å². The fourth-order valence-electron chi connectivity index (χ4n) is 2.75. The number of carbonyl (C=O) groups excluding carboxylic acids is 1. The summed E-state index contributed by atoms with van der Waals surface area (Å²) < 4.78 is 1.95. The zero-order valence-electron chi connectivity index (χ0n) is 13.7. The van der Waals surface area contributed by atoms with Gasteiger partial charge in [-0.1, -0.05) is 66.7 Å². The van der Waals surface area contributed by atoms with E-state index in [0.29, 0.717) is 6.54 Å². The molecule has 0 saturated heterocycles. The van der Waals surface area contributed by atoms with E-state index in [4.69, 9.17) is 0 Å². The summed E-state index contributed by atoms with van der Waals surface area (Å²) in [6, 6.07) is 25.9. The lowest BCUT2D eigenvalue weighted by Crippen LogP contribution is -2.45. The number of hydrogen-bond acceptors (Lipinski definition) is 1. The van der Waals surface area contributed by atoms with E-state index in [1.165, 1.54) is 0 Å². The molecule has 120 valence electrons. The van der Waals surface area contributed by atoms with Gasteiger partial charge >= 0.3 is 0 Å². The lowest BCUT2D eigenvalue weighted by atomic mass is 9.99. The van der Waals surface area contributed by atoms with Gasteiger partial charge in [-0.3, -0.25) is 4.79 Å².